The first kappa shape index (κ1) is 12.9. The standard InChI is InChI=1S/C14H17N3O3/c1-9(15-6-5-14-16-10(2)20-17-14)11-3-4-12-13(7-11)19-8-18-12/h3-4,7,9,15H,5-6,8H2,1-2H3. The second-order valence-corrected chi connectivity index (χ2v) is 4.77. The molecule has 0 bridgehead atoms. The zero-order chi connectivity index (χ0) is 13.9. The second kappa shape index (κ2) is 5.50. The van der Waals surface area contributed by atoms with Gasteiger partial charge in [-0.25, -0.2) is 0 Å². The van der Waals surface area contributed by atoms with Gasteiger partial charge in [0, 0.05) is 25.9 Å². The number of fused-ring (bicyclic) bond motifs is 1. The first-order valence-electron chi connectivity index (χ1n) is 6.64. The third-order valence-electron chi connectivity index (χ3n) is 3.27. The highest BCUT2D eigenvalue weighted by molar-refractivity contribution is 5.45. The maximum absolute atomic E-state index is 5.38. The number of hydrogen-bond acceptors (Lipinski definition) is 6. The molecule has 0 saturated carbocycles. The average molecular weight is 275 g/mol. The van der Waals surface area contributed by atoms with E-state index in [2.05, 4.69) is 22.4 Å². The highest BCUT2D eigenvalue weighted by Crippen LogP contribution is 2.34. The van der Waals surface area contributed by atoms with Crippen LogP contribution in [0.2, 0.25) is 0 Å². The summed E-state index contributed by atoms with van der Waals surface area (Å²) < 4.78 is 15.6. The van der Waals surface area contributed by atoms with Gasteiger partial charge in [0.25, 0.3) is 0 Å². The Hall–Kier alpha value is -2.08. The summed E-state index contributed by atoms with van der Waals surface area (Å²) >= 11 is 0. The summed E-state index contributed by atoms with van der Waals surface area (Å²) in [6.45, 7) is 4.99. The number of aryl methyl sites for hydroxylation is 1. The highest BCUT2D eigenvalue weighted by atomic mass is 16.7. The molecule has 3 rings (SSSR count). The summed E-state index contributed by atoms with van der Waals surface area (Å²) in [4.78, 5) is 4.17. The monoisotopic (exact) mass is 275 g/mol. The van der Waals surface area contributed by atoms with Crippen LogP contribution in [-0.4, -0.2) is 23.5 Å². The van der Waals surface area contributed by atoms with Gasteiger partial charge >= 0.3 is 0 Å². The lowest BCUT2D eigenvalue weighted by Gasteiger charge is -2.14. The number of ether oxygens (including phenoxy) is 2. The van der Waals surface area contributed by atoms with Crippen LogP contribution in [0.5, 0.6) is 11.5 Å². The van der Waals surface area contributed by atoms with E-state index in [-0.39, 0.29) is 6.04 Å². The maximum Gasteiger partial charge on any atom is 0.231 e. The van der Waals surface area contributed by atoms with Gasteiger partial charge in [0.1, 0.15) is 0 Å². The van der Waals surface area contributed by atoms with Crippen LogP contribution < -0.4 is 14.8 Å². The summed E-state index contributed by atoms with van der Waals surface area (Å²) in [6.07, 6.45) is 0.742. The highest BCUT2D eigenvalue weighted by Gasteiger charge is 2.15. The van der Waals surface area contributed by atoms with Gasteiger partial charge in [-0.1, -0.05) is 11.2 Å². The normalized spacial score (nSPS) is 14.5. The first-order chi connectivity index (χ1) is 9.72. The topological polar surface area (TPSA) is 69.4 Å². The van der Waals surface area contributed by atoms with Gasteiger partial charge in [-0.05, 0) is 24.6 Å². The summed E-state index contributed by atoms with van der Waals surface area (Å²) in [7, 11) is 0. The molecule has 1 aliphatic rings. The first-order valence-corrected chi connectivity index (χ1v) is 6.64. The molecule has 106 valence electrons. The van der Waals surface area contributed by atoms with Gasteiger partial charge in [0.05, 0.1) is 0 Å². The van der Waals surface area contributed by atoms with E-state index in [1.165, 1.54) is 5.56 Å². The Morgan fingerprint density at radius 2 is 2.15 bits per heavy atom. The molecule has 6 heteroatoms. The molecule has 0 spiro atoms. The van der Waals surface area contributed by atoms with E-state index in [4.69, 9.17) is 14.0 Å². The largest absolute Gasteiger partial charge is 0.454 e. The van der Waals surface area contributed by atoms with E-state index < -0.39 is 0 Å². The van der Waals surface area contributed by atoms with E-state index in [9.17, 15) is 0 Å². The summed E-state index contributed by atoms with van der Waals surface area (Å²) in [6, 6.07) is 6.22. The van der Waals surface area contributed by atoms with Crippen molar-refractivity contribution in [2.75, 3.05) is 13.3 Å². The van der Waals surface area contributed by atoms with E-state index in [1.807, 2.05) is 18.2 Å². The van der Waals surface area contributed by atoms with E-state index in [1.54, 1.807) is 6.92 Å². The van der Waals surface area contributed by atoms with Crippen LogP contribution in [0.15, 0.2) is 22.7 Å². The molecule has 1 aromatic heterocycles. The molecule has 1 N–H and O–H groups in total. The Morgan fingerprint density at radius 1 is 1.30 bits per heavy atom. The number of nitrogens with one attached hydrogen (secondary N) is 1. The van der Waals surface area contributed by atoms with Crippen molar-refractivity contribution >= 4 is 0 Å². The molecule has 6 nitrogen and oxygen atoms in total. The minimum Gasteiger partial charge on any atom is -0.454 e. The lowest BCUT2D eigenvalue weighted by Crippen LogP contribution is -2.21. The Morgan fingerprint density at radius 3 is 2.95 bits per heavy atom. The molecule has 2 aromatic rings. The Balaban J connectivity index is 1.55. The van der Waals surface area contributed by atoms with E-state index in [0.717, 1.165) is 30.3 Å². The molecule has 0 radical (unpaired) electrons. The molecule has 1 unspecified atom stereocenters. The minimum atomic E-state index is 0.220. The molecule has 0 fully saturated rings. The lowest BCUT2D eigenvalue weighted by atomic mass is 10.1. The van der Waals surface area contributed by atoms with Gasteiger partial charge in [-0.3, -0.25) is 0 Å². The number of nitrogens with zero attached hydrogens (tertiary/aromatic N) is 2. The molecule has 1 atom stereocenters. The molecular weight excluding hydrogens is 258 g/mol. The maximum atomic E-state index is 5.38. The average Bonchev–Trinajstić information content (AvgIpc) is 3.06. The number of benzene rings is 1. The third kappa shape index (κ3) is 2.75. The Bertz CT molecular complexity index is 597. The molecule has 2 heterocycles. The van der Waals surface area contributed by atoms with Gasteiger partial charge in [-0.15, -0.1) is 0 Å². The lowest BCUT2D eigenvalue weighted by molar-refractivity contribution is 0.174. The SMILES string of the molecule is Cc1nc(CCNC(C)c2ccc3c(c2)OCO3)no1. The molecule has 0 amide bonds. The molecule has 1 aromatic carbocycles. The van der Waals surface area contributed by atoms with Crippen LogP contribution in [0.4, 0.5) is 0 Å². The fourth-order valence-electron chi connectivity index (χ4n) is 2.14. The summed E-state index contributed by atoms with van der Waals surface area (Å²) in [5, 5.41) is 7.30. The van der Waals surface area contributed by atoms with Crippen molar-refractivity contribution in [3.8, 4) is 11.5 Å². The van der Waals surface area contributed by atoms with Crippen molar-refractivity contribution in [1.82, 2.24) is 15.5 Å². The molecule has 0 aliphatic carbocycles. The fraction of sp³-hybridized carbons (Fsp3) is 0.429. The van der Waals surface area contributed by atoms with Crippen LogP contribution in [-0.2, 0) is 6.42 Å². The van der Waals surface area contributed by atoms with Crippen molar-refractivity contribution < 1.29 is 14.0 Å². The van der Waals surface area contributed by atoms with Gasteiger partial charge < -0.3 is 19.3 Å². The van der Waals surface area contributed by atoms with Crippen LogP contribution in [0.3, 0.4) is 0 Å². The predicted molar refractivity (Wildman–Crippen MR) is 71.7 cm³/mol. The minimum absolute atomic E-state index is 0.220. The van der Waals surface area contributed by atoms with Crippen LogP contribution in [0.25, 0.3) is 0 Å². The molecule has 1 aliphatic heterocycles. The molecular formula is C14H17N3O3. The molecule has 20 heavy (non-hydrogen) atoms. The predicted octanol–water partition coefficient (Wildman–Crippen LogP) is 2.00. The third-order valence-corrected chi connectivity index (χ3v) is 3.27. The Labute approximate surface area is 117 Å². The zero-order valence-corrected chi connectivity index (χ0v) is 11.5. The van der Waals surface area contributed by atoms with Crippen LogP contribution in [0, 0.1) is 6.92 Å². The van der Waals surface area contributed by atoms with E-state index >= 15 is 0 Å². The second-order valence-electron chi connectivity index (χ2n) is 4.77. The number of hydrogen-bond donors (Lipinski definition) is 1. The van der Waals surface area contributed by atoms with Crippen LogP contribution >= 0.6 is 0 Å². The zero-order valence-electron chi connectivity index (χ0n) is 11.5. The van der Waals surface area contributed by atoms with Crippen molar-refractivity contribution in [3.63, 3.8) is 0 Å². The quantitative estimate of drug-likeness (QED) is 0.900. The number of rotatable bonds is 5. The van der Waals surface area contributed by atoms with Gasteiger partial charge in [0.2, 0.25) is 12.7 Å². The van der Waals surface area contributed by atoms with Gasteiger partial charge in [0.15, 0.2) is 17.3 Å². The van der Waals surface area contributed by atoms with Crippen molar-refractivity contribution in [2.45, 2.75) is 26.3 Å². The smallest absolute Gasteiger partial charge is 0.231 e. The van der Waals surface area contributed by atoms with Gasteiger partial charge in [-0.2, -0.15) is 4.98 Å². The van der Waals surface area contributed by atoms with E-state index in [0.29, 0.717) is 12.7 Å². The Kier molecular flexibility index (Phi) is 3.56. The molecule has 0 saturated heterocycles. The van der Waals surface area contributed by atoms with Crippen LogP contribution in [0.1, 0.15) is 30.2 Å². The van der Waals surface area contributed by atoms with Crippen molar-refractivity contribution in [2.24, 2.45) is 0 Å². The summed E-state index contributed by atoms with van der Waals surface area (Å²) in [5.74, 6) is 2.95. The number of aromatic nitrogens is 2. The summed E-state index contributed by atoms with van der Waals surface area (Å²) in [5.41, 5.74) is 1.17. The van der Waals surface area contributed by atoms with Crippen molar-refractivity contribution in [1.29, 1.82) is 0 Å². The fourth-order valence-corrected chi connectivity index (χ4v) is 2.14. The van der Waals surface area contributed by atoms with Crippen molar-refractivity contribution in [3.05, 3.63) is 35.5 Å².